The van der Waals surface area contributed by atoms with E-state index in [0.717, 1.165) is 6.54 Å². The molecule has 0 aromatic rings. The van der Waals surface area contributed by atoms with Crippen molar-refractivity contribution in [3.63, 3.8) is 0 Å². The van der Waals surface area contributed by atoms with Crippen molar-refractivity contribution in [1.82, 2.24) is 0 Å². The minimum absolute atomic E-state index is 0.382. The maximum absolute atomic E-state index is 10.5. The summed E-state index contributed by atoms with van der Waals surface area (Å²) in [6, 6.07) is -1.01. The largest absolute Gasteiger partial charge is 0.481 e. The predicted molar refractivity (Wildman–Crippen MR) is 33.7 cm³/mol. The SMILES string of the molecule is N[CH]C(=O)[C@@H](N)CC(=O)O. The molecule has 0 saturated carbocycles. The van der Waals surface area contributed by atoms with E-state index in [0.29, 0.717) is 0 Å². The molecule has 0 spiro atoms. The van der Waals surface area contributed by atoms with Crippen LogP contribution >= 0.6 is 0 Å². The molecule has 0 aliphatic rings. The number of ketones is 1. The molecule has 57 valence electrons. The number of carboxylic acids is 1. The van der Waals surface area contributed by atoms with Crippen LogP contribution in [0.4, 0.5) is 0 Å². The van der Waals surface area contributed by atoms with Crippen molar-refractivity contribution in [2.75, 3.05) is 0 Å². The maximum Gasteiger partial charge on any atom is 0.305 e. The predicted octanol–water partition coefficient (Wildman–Crippen LogP) is -1.52. The molecular formula is C5H9N2O3. The van der Waals surface area contributed by atoms with Gasteiger partial charge in [0.2, 0.25) is 0 Å². The molecule has 0 aliphatic heterocycles. The normalized spacial score (nSPS) is 12.6. The lowest BCUT2D eigenvalue weighted by Crippen LogP contribution is -2.34. The minimum Gasteiger partial charge on any atom is -0.481 e. The molecule has 1 atom stereocenters. The van der Waals surface area contributed by atoms with Crippen LogP contribution in [0.5, 0.6) is 0 Å². The highest BCUT2D eigenvalue weighted by molar-refractivity contribution is 5.93. The number of aliphatic carboxylic acids is 1. The zero-order valence-electron chi connectivity index (χ0n) is 5.28. The fourth-order valence-electron chi connectivity index (χ4n) is 0.412. The number of rotatable bonds is 4. The van der Waals surface area contributed by atoms with Gasteiger partial charge < -0.3 is 16.6 Å². The Balaban J connectivity index is 3.72. The van der Waals surface area contributed by atoms with Crippen molar-refractivity contribution >= 4 is 11.8 Å². The van der Waals surface area contributed by atoms with Crippen LogP contribution < -0.4 is 11.5 Å². The summed E-state index contributed by atoms with van der Waals surface area (Å²) in [4.78, 5) is 20.4. The highest BCUT2D eigenvalue weighted by atomic mass is 16.4. The Bertz CT molecular complexity index is 146. The van der Waals surface area contributed by atoms with E-state index < -0.39 is 17.8 Å². The van der Waals surface area contributed by atoms with E-state index in [2.05, 4.69) is 0 Å². The molecule has 5 N–H and O–H groups in total. The summed E-state index contributed by atoms with van der Waals surface area (Å²) < 4.78 is 0. The molecule has 0 rings (SSSR count). The van der Waals surface area contributed by atoms with Crippen LogP contribution in [-0.4, -0.2) is 22.9 Å². The highest BCUT2D eigenvalue weighted by Gasteiger charge is 2.14. The Morgan fingerprint density at radius 1 is 1.60 bits per heavy atom. The molecule has 0 heterocycles. The Hall–Kier alpha value is -0.940. The summed E-state index contributed by atoms with van der Waals surface area (Å²) >= 11 is 0. The quantitative estimate of drug-likeness (QED) is 0.445. The smallest absolute Gasteiger partial charge is 0.305 e. The van der Waals surface area contributed by atoms with Crippen LogP contribution in [0.15, 0.2) is 0 Å². The van der Waals surface area contributed by atoms with Gasteiger partial charge in [-0.05, 0) is 0 Å². The Kier molecular flexibility index (Phi) is 3.60. The average Bonchev–Trinajstić information content (AvgIpc) is 1.85. The number of nitrogens with two attached hydrogens (primary N) is 2. The van der Waals surface area contributed by atoms with Gasteiger partial charge in [0.15, 0.2) is 5.78 Å². The van der Waals surface area contributed by atoms with Crippen LogP contribution in [-0.2, 0) is 9.59 Å². The van der Waals surface area contributed by atoms with Gasteiger partial charge >= 0.3 is 5.97 Å². The minimum atomic E-state index is -1.11. The van der Waals surface area contributed by atoms with Gasteiger partial charge in [0, 0.05) is 0 Å². The lowest BCUT2D eigenvalue weighted by molar-refractivity contribution is -0.138. The van der Waals surface area contributed by atoms with Gasteiger partial charge in [-0.2, -0.15) is 0 Å². The molecule has 0 unspecified atom stereocenters. The standard InChI is InChI=1S/C5H9N2O3/c6-2-4(8)3(7)1-5(9)10/h2-3H,1,6-7H2,(H,9,10)/t3-/m0/s1. The van der Waals surface area contributed by atoms with Crippen molar-refractivity contribution in [2.24, 2.45) is 11.5 Å². The van der Waals surface area contributed by atoms with Crippen molar-refractivity contribution in [2.45, 2.75) is 12.5 Å². The van der Waals surface area contributed by atoms with Gasteiger partial charge in [-0.3, -0.25) is 9.59 Å². The van der Waals surface area contributed by atoms with Crippen LogP contribution in [0.1, 0.15) is 6.42 Å². The van der Waals surface area contributed by atoms with Crippen LogP contribution in [0.25, 0.3) is 0 Å². The molecule has 0 bridgehead atoms. The molecule has 5 heteroatoms. The third-order valence-electron chi connectivity index (χ3n) is 0.924. The van der Waals surface area contributed by atoms with E-state index in [4.69, 9.17) is 16.6 Å². The summed E-state index contributed by atoms with van der Waals surface area (Å²) in [7, 11) is 0. The topological polar surface area (TPSA) is 106 Å². The molecular weight excluding hydrogens is 136 g/mol. The summed E-state index contributed by atoms with van der Waals surface area (Å²) in [5.41, 5.74) is 9.89. The summed E-state index contributed by atoms with van der Waals surface area (Å²) in [5, 5.41) is 8.14. The van der Waals surface area contributed by atoms with Crippen LogP contribution in [0, 0.1) is 6.54 Å². The Morgan fingerprint density at radius 3 is 2.40 bits per heavy atom. The third-order valence-corrected chi connectivity index (χ3v) is 0.924. The van der Waals surface area contributed by atoms with Gasteiger partial charge in [0.25, 0.3) is 0 Å². The number of hydrogen-bond donors (Lipinski definition) is 3. The summed E-state index contributed by atoms with van der Waals surface area (Å²) in [5.74, 6) is -1.66. The second kappa shape index (κ2) is 3.97. The van der Waals surface area contributed by atoms with Crippen molar-refractivity contribution in [3.8, 4) is 0 Å². The van der Waals surface area contributed by atoms with E-state index in [1.54, 1.807) is 0 Å². The van der Waals surface area contributed by atoms with Crippen molar-refractivity contribution < 1.29 is 14.7 Å². The van der Waals surface area contributed by atoms with Gasteiger partial charge in [-0.25, -0.2) is 0 Å². The number of carboxylic acid groups (broad SMARTS) is 1. The van der Waals surface area contributed by atoms with E-state index in [1.165, 1.54) is 0 Å². The molecule has 0 aromatic heterocycles. The van der Waals surface area contributed by atoms with Gasteiger partial charge in [0.05, 0.1) is 19.0 Å². The second-order valence-electron chi connectivity index (χ2n) is 1.77. The van der Waals surface area contributed by atoms with E-state index in [9.17, 15) is 9.59 Å². The third kappa shape index (κ3) is 3.16. The molecule has 0 aliphatic carbocycles. The van der Waals surface area contributed by atoms with Gasteiger partial charge in [0.1, 0.15) is 0 Å². The molecule has 0 saturated heterocycles. The van der Waals surface area contributed by atoms with Gasteiger partial charge in [-0.15, -0.1) is 0 Å². The lowest BCUT2D eigenvalue weighted by atomic mass is 10.1. The highest BCUT2D eigenvalue weighted by Crippen LogP contribution is 1.89. The van der Waals surface area contributed by atoms with E-state index in [1.807, 2.05) is 0 Å². The first kappa shape index (κ1) is 9.06. The molecule has 10 heavy (non-hydrogen) atoms. The summed E-state index contributed by atoms with van der Waals surface area (Å²) in [6.45, 7) is 0.771. The number of hydrogen-bond acceptors (Lipinski definition) is 4. The molecule has 0 fully saturated rings. The second-order valence-corrected chi connectivity index (χ2v) is 1.77. The van der Waals surface area contributed by atoms with Crippen LogP contribution in [0.2, 0.25) is 0 Å². The average molecular weight is 145 g/mol. The monoisotopic (exact) mass is 145 g/mol. The van der Waals surface area contributed by atoms with Gasteiger partial charge in [-0.1, -0.05) is 0 Å². The maximum atomic E-state index is 10.5. The Labute approximate surface area is 58.0 Å². The number of carbonyl (C=O) groups is 2. The van der Waals surface area contributed by atoms with Crippen LogP contribution in [0.3, 0.4) is 0 Å². The first-order valence-corrected chi connectivity index (χ1v) is 2.64. The molecule has 1 radical (unpaired) electrons. The molecule has 5 nitrogen and oxygen atoms in total. The van der Waals surface area contributed by atoms with Crippen molar-refractivity contribution in [1.29, 1.82) is 0 Å². The van der Waals surface area contributed by atoms with E-state index in [-0.39, 0.29) is 6.42 Å². The van der Waals surface area contributed by atoms with E-state index >= 15 is 0 Å². The lowest BCUT2D eigenvalue weighted by Gasteiger charge is -2.03. The molecule has 0 amide bonds. The zero-order chi connectivity index (χ0) is 8.15. The van der Waals surface area contributed by atoms with Crippen molar-refractivity contribution in [3.05, 3.63) is 6.54 Å². The molecule has 0 aromatic carbocycles. The number of carbonyl (C=O) groups excluding carboxylic acids is 1. The zero-order valence-corrected chi connectivity index (χ0v) is 5.28. The number of Topliss-reactive ketones (excluding diaryl/α,β-unsaturated/α-hetero) is 1. The summed E-state index contributed by atoms with van der Waals surface area (Å²) in [6.07, 6.45) is -0.382. The fraction of sp³-hybridized carbons (Fsp3) is 0.400. The fourth-order valence-corrected chi connectivity index (χ4v) is 0.412. The Morgan fingerprint density at radius 2 is 2.10 bits per heavy atom. The first-order valence-electron chi connectivity index (χ1n) is 2.64. The first-order chi connectivity index (χ1) is 4.57.